The molecule has 0 radical (unpaired) electrons. The van der Waals surface area contributed by atoms with Crippen molar-refractivity contribution < 1.29 is 14.7 Å². The van der Waals surface area contributed by atoms with Crippen LogP contribution in [0.5, 0.6) is 0 Å². The minimum Gasteiger partial charge on any atom is -0.480 e. The van der Waals surface area contributed by atoms with Crippen LogP contribution in [-0.4, -0.2) is 34.2 Å². The molecule has 0 aliphatic heterocycles. The van der Waals surface area contributed by atoms with Gasteiger partial charge in [-0.05, 0) is 12.1 Å². The Bertz CT molecular complexity index is 444. The highest BCUT2D eigenvalue weighted by molar-refractivity contribution is 6.44. The number of pyridine rings is 1. The Morgan fingerprint density at radius 3 is 2.81 bits per heavy atom. The number of hydrogen-bond donors (Lipinski definition) is 4. The van der Waals surface area contributed by atoms with Crippen molar-refractivity contribution in [3.05, 3.63) is 23.9 Å². The Kier molecular flexibility index (Phi) is 3.54. The minimum atomic E-state index is -1.07. The standard InChI is InChI=1S/C9H10N4O3/c10-7(8(11)16)5-2-1-3-12-9(5)13-4-6(14)15/h1-3,10H,4H2,(H2,11,16)(H,12,13)(H,14,15). The Balaban J connectivity index is 2.96. The predicted molar refractivity (Wildman–Crippen MR) is 56.4 cm³/mol. The molecule has 1 amide bonds. The fraction of sp³-hybridized carbons (Fsp3) is 0.111. The van der Waals surface area contributed by atoms with E-state index in [4.69, 9.17) is 16.2 Å². The van der Waals surface area contributed by atoms with Crippen LogP contribution in [0.25, 0.3) is 0 Å². The van der Waals surface area contributed by atoms with Gasteiger partial charge in [0.15, 0.2) is 0 Å². The van der Waals surface area contributed by atoms with Crippen molar-refractivity contribution >= 4 is 23.4 Å². The van der Waals surface area contributed by atoms with Crippen LogP contribution in [0, 0.1) is 5.41 Å². The molecule has 0 unspecified atom stereocenters. The first-order valence-electron chi connectivity index (χ1n) is 4.31. The van der Waals surface area contributed by atoms with E-state index in [1.165, 1.54) is 18.3 Å². The quantitative estimate of drug-likeness (QED) is 0.496. The van der Waals surface area contributed by atoms with Crippen LogP contribution < -0.4 is 11.1 Å². The van der Waals surface area contributed by atoms with Gasteiger partial charge in [0.25, 0.3) is 5.91 Å². The Morgan fingerprint density at radius 1 is 1.56 bits per heavy atom. The maximum absolute atomic E-state index is 10.8. The highest BCUT2D eigenvalue weighted by Gasteiger charge is 2.13. The number of nitrogens with zero attached hydrogens (tertiary/aromatic N) is 1. The van der Waals surface area contributed by atoms with Crippen LogP contribution in [-0.2, 0) is 9.59 Å². The molecule has 0 atom stereocenters. The summed E-state index contributed by atoms with van der Waals surface area (Å²) in [6.07, 6.45) is 1.42. The molecule has 0 aliphatic rings. The lowest BCUT2D eigenvalue weighted by atomic mass is 10.1. The second kappa shape index (κ2) is 4.87. The minimum absolute atomic E-state index is 0.147. The Morgan fingerprint density at radius 2 is 2.25 bits per heavy atom. The molecule has 84 valence electrons. The SMILES string of the molecule is N=C(C(N)=O)c1cccnc1NCC(=O)O. The first kappa shape index (κ1) is 11.6. The van der Waals surface area contributed by atoms with Gasteiger partial charge in [0.2, 0.25) is 0 Å². The van der Waals surface area contributed by atoms with E-state index in [9.17, 15) is 9.59 Å². The lowest BCUT2D eigenvalue weighted by molar-refractivity contribution is -0.134. The molecule has 0 saturated carbocycles. The van der Waals surface area contributed by atoms with Gasteiger partial charge in [0.1, 0.15) is 18.1 Å². The molecule has 1 rings (SSSR count). The number of anilines is 1. The van der Waals surface area contributed by atoms with Crippen molar-refractivity contribution in [1.29, 1.82) is 5.41 Å². The van der Waals surface area contributed by atoms with Gasteiger partial charge in [-0.25, -0.2) is 4.98 Å². The summed E-state index contributed by atoms with van der Waals surface area (Å²) >= 11 is 0. The third-order valence-electron chi connectivity index (χ3n) is 1.73. The average molecular weight is 222 g/mol. The second-order valence-corrected chi connectivity index (χ2v) is 2.89. The van der Waals surface area contributed by atoms with Crippen molar-refractivity contribution in [2.24, 2.45) is 5.73 Å². The maximum Gasteiger partial charge on any atom is 0.322 e. The molecule has 7 heteroatoms. The van der Waals surface area contributed by atoms with Crippen LogP contribution in [0.2, 0.25) is 0 Å². The number of carboxylic acid groups (broad SMARTS) is 1. The fourth-order valence-electron chi connectivity index (χ4n) is 1.04. The number of carbonyl (C=O) groups excluding carboxylic acids is 1. The molecule has 1 aromatic rings. The summed E-state index contributed by atoms with van der Waals surface area (Å²) in [5.74, 6) is -1.82. The topological polar surface area (TPSA) is 129 Å². The highest BCUT2D eigenvalue weighted by Crippen LogP contribution is 2.11. The summed E-state index contributed by atoms with van der Waals surface area (Å²) < 4.78 is 0. The average Bonchev–Trinajstić information content (AvgIpc) is 2.25. The summed E-state index contributed by atoms with van der Waals surface area (Å²) in [5.41, 5.74) is 4.72. The van der Waals surface area contributed by atoms with Crippen molar-refractivity contribution in [2.75, 3.05) is 11.9 Å². The van der Waals surface area contributed by atoms with E-state index in [2.05, 4.69) is 10.3 Å². The lowest BCUT2D eigenvalue weighted by Crippen LogP contribution is -2.25. The first-order chi connectivity index (χ1) is 7.52. The van der Waals surface area contributed by atoms with Gasteiger partial charge in [0.05, 0.1) is 0 Å². The molecule has 0 spiro atoms. The monoisotopic (exact) mass is 222 g/mol. The maximum atomic E-state index is 10.8. The smallest absolute Gasteiger partial charge is 0.322 e. The van der Waals surface area contributed by atoms with E-state index >= 15 is 0 Å². The molecule has 1 aromatic heterocycles. The third-order valence-corrected chi connectivity index (χ3v) is 1.73. The number of rotatable bonds is 5. The number of nitrogens with two attached hydrogens (primary N) is 1. The number of carbonyl (C=O) groups is 2. The number of nitrogens with one attached hydrogen (secondary N) is 2. The van der Waals surface area contributed by atoms with Crippen LogP contribution in [0.3, 0.4) is 0 Å². The number of primary amides is 1. The van der Waals surface area contributed by atoms with Gasteiger partial charge in [-0.3, -0.25) is 15.0 Å². The fourth-order valence-corrected chi connectivity index (χ4v) is 1.04. The molecular weight excluding hydrogens is 212 g/mol. The van der Waals surface area contributed by atoms with Crippen LogP contribution >= 0.6 is 0 Å². The van der Waals surface area contributed by atoms with Gasteiger partial charge >= 0.3 is 5.97 Å². The predicted octanol–water partition coefficient (Wildman–Crippen LogP) is -0.569. The summed E-state index contributed by atoms with van der Waals surface area (Å²) in [4.78, 5) is 25.0. The van der Waals surface area contributed by atoms with E-state index in [1.54, 1.807) is 0 Å². The number of amides is 1. The molecule has 0 bridgehead atoms. The highest BCUT2D eigenvalue weighted by atomic mass is 16.4. The zero-order chi connectivity index (χ0) is 12.1. The molecular formula is C9H10N4O3. The van der Waals surface area contributed by atoms with Crippen molar-refractivity contribution in [1.82, 2.24) is 4.98 Å². The van der Waals surface area contributed by atoms with Crippen molar-refractivity contribution in [3.63, 3.8) is 0 Å². The number of hydrogen-bond acceptors (Lipinski definition) is 5. The Hall–Kier alpha value is -2.44. The normalized spacial score (nSPS) is 9.50. The largest absolute Gasteiger partial charge is 0.480 e. The zero-order valence-electron chi connectivity index (χ0n) is 8.23. The number of carboxylic acids is 1. The molecule has 0 fully saturated rings. The molecule has 5 N–H and O–H groups in total. The number of aromatic nitrogens is 1. The lowest BCUT2D eigenvalue weighted by Gasteiger charge is -2.07. The molecule has 0 saturated heterocycles. The van der Waals surface area contributed by atoms with E-state index in [-0.39, 0.29) is 17.9 Å². The van der Waals surface area contributed by atoms with Gasteiger partial charge in [-0.15, -0.1) is 0 Å². The summed E-state index contributed by atoms with van der Waals surface area (Å²) in [5, 5.41) is 18.4. The van der Waals surface area contributed by atoms with E-state index in [0.29, 0.717) is 0 Å². The van der Waals surface area contributed by atoms with Crippen LogP contribution in [0.4, 0.5) is 5.82 Å². The zero-order valence-corrected chi connectivity index (χ0v) is 8.23. The van der Waals surface area contributed by atoms with E-state index in [1.807, 2.05) is 0 Å². The van der Waals surface area contributed by atoms with Gasteiger partial charge in [-0.2, -0.15) is 0 Å². The van der Waals surface area contributed by atoms with Gasteiger partial charge in [-0.1, -0.05) is 0 Å². The first-order valence-corrected chi connectivity index (χ1v) is 4.31. The van der Waals surface area contributed by atoms with Gasteiger partial charge < -0.3 is 16.2 Å². The molecule has 1 heterocycles. The van der Waals surface area contributed by atoms with E-state index in [0.717, 1.165) is 0 Å². The molecule has 16 heavy (non-hydrogen) atoms. The summed E-state index contributed by atoms with van der Waals surface area (Å²) in [7, 11) is 0. The van der Waals surface area contributed by atoms with Gasteiger partial charge in [0, 0.05) is 11.8 Å². The van der Waals surface area contributed by atoms with Crippen LogP contribution in [0.15, 0.2) is 18.3 Å². The summed E-state index contributed by atoms with van der Waals surface area (Å²) in [6, 6.07) is 2.99. The molecule has 7 nitrogen and oxygen atoms in total. The second-order valence-electron chi connectivity index (χ2n) is 2.89. The molecule has 0 aromatic carbocycles. The third kappa shape index (κ3) is 2.77. The van der Waals surface area contributed by atoms with Crippen LogP contribution in [0.1, 0.15) is 5.56 Å². The van der Waals surface area contributed by atoms with Crippen molar-refractivity contribution in [3.8, 4) is 0 Å². The Labute approximate surface area is 90.8 Å². The van der Waals surface area contributed by atoms with Crippen molar-refractivity contribution in [2.45, 2.75) is 0 Å². The van der Waals surface area contributed by atoms with E-state index < -0.39 is 17.6 Å². The molecule has 0 aliphatic carbocycles. The summed E-state index contributed by atoms with van der Waals surface area (Å²) in [6.45, 7) is -0.351. The number of aliphatic carboxylic acids is 1.